The van der Waals surface area contributed by atoms with Crippen LogP contribution in [0, 0.1) is 0 Å². The second-order valence-corrected chi connectivity index (χ2v) is 3.41. The highest BCUT2D eigenvalue weighted by Crippen LogP contribution is 2.51. The largest absolute Gasteiger partial charge is 0.459 e. The molecule has 0 radical (unpaired) electrons. The van der Waals surface area contributed by atoms with Crippen molar-refractivity contribution in [2.24, 2.45) is 4.99 Å². The van der Waals surface area contributed by atoms with E-state index in [4.69, 9.17) is 0 Å². The van der Waals surface area contributed by atoms with Crippen LogP contribution in [0.2, 0.25) is 0 Å². The SMILES string of the molecule is CC(C)(N=C=O)C(F)(F)C(F)(F)C(F)(F)F. The normalized spacial score (nSPS) is 14.6. The Bertz CT molecular complexity index is 313. The van der Waals surface area contributed by atoms with Crippen molar-refractivity contribution >= 4 is 6.08 Å². The van der Waals surface area contributed by atoms with Gasteiger partial charge in [0.1, 0.15) is 5.54 Å². The lowest BCUT2D eigenvalue weighted by atomic mass is 9.91. The first kappa shape index (κ1) is 14.9. The van der Waals surface area contributed by atoms with Gasteiger partial charge in [0.15, 0.2) is 0 Å². The van der Waals surface area contributed by atoms with Crippen LogP contribution in [0.1, 0.15) is 13.8 Å². The Balaban J connectivity index is 5.61. The number of nitrogens with zero attached hydrogens (tertiary/aromatic N) is 1. The summed E-state index contributed by atoms with van der Waals surface area (Å²) in [6.07, 6.45) is -5.91. The van der Waals surface area contributed by atoms with E-state index in [9.17, 15) is 35.5 Å². The molecule has 0 aromatic carbocycles. The highest BCUT2D eigenvalue weighted by atomic mass is 19.4. The van der Waals surface area contributed by atoms with Crippen molar-refractivity contribution in [3.8, 4) is 0 Å². The lowest BCUT2D eigenvalue weighted by molar-refractivity contribution is -0.365. The fourth-order valence-electron chi connectivity index (χ4n) is 0.747. The standard InChI is InChI=1S/C7H6F7NO/c1-4(2,15-3-16)5(8,9)6(10,11)7(12,13)14/h1-2H3. The smallest absolute Gasteiger partial charge is 0.211 e. The molecular weight excluding hydrogens is 247 g/mol. The second-order valence-electron chi connectivity index (χ2n) is 3.41. The van der Waals surface area contributed by atoms with Crippen LogP contribution in [-0.2, 0) is 4.79 Å². The maximum Gasteiger partial charge on any atom is 0.459 e. The number of aliphatic imine (C=N–C) groups is 1. The van der Waals surface area contributed by atoms with E-state index >= 15 is 0 Å². The van der Waals surface area contributed by atoms with E-state index < -0.39 is 23.6 Å². The van der Waals surface area contributed by atoms with Gasteiger partial charge in [-0.3, -0.25) is 0 Å². The molecule has 2 nitrogen and oxygen atoms in total. The number of halogens is 7. The minimum Gasteiger partial charge on any atom is -0.211 e. The quantitative estimate of drug-likeness (QED) is 0.432. The van der Waals surface area contributed by atoms with Gasteiger partial charge >= 0.3 is 18.0 Å². The summed E-state index contributed by atoms with van der Waals surface area (Å²) in [5.74, 6) is -11.8. The third kappa shape index (κ3) is 2.04. The lowest BCUT2D eigenvalue weighted by Crippen LogP contribution is -2.61. The highest BCUT2D eigenvalue weighted by Gasteiger charge is 2.77. The summed E-state index contributed by atoms with van der Waals surface area (Å²) in [5.41, 5.74) is -3.21. The number of alkyl halides is 7. The molecule has 0 spiro atoms. The fraction of sp³-hybridized carbons (Fsp3) is 0.857. The van der Waals surface area contributed by atoms with Crippen LogP contribution in [0.5, 0.6) is 0 Å². The summed E-state index contributed by atoms with van der Waals surface area (Å²) in [6.45, 7) is 0.551. The van der Waals surface area contributed by atoms with E-state index in [-0.39, 0.29) is 13.8 Å². The number of rotatable bonds is 3. The van der Waals surface area contributed by atoms with E-state index in [1.807, 2.05) is 0 Å². The lowest BCUT2D eigenvalue weighted by Gasteiger charge is -2.35. The van der Waals surface area contributed by atoms with Crippen molar-refractivity contribution in [3.63, 3.8) is 0 Å². The van der Waals surface area contributed by atoms with Crippen LogP contribution < -0.4 is 0 Å². The average Bonchev–Trinajstić information content (AvgIpc) is 2.01. The van der Waals surface area contributed by atoms with Gasteiger partial charge in [0.25, 0.3) is 0 Å². The fourth-order valence-corrected chi connectivity index (χ4v) is 0.747. The summed E-state index contributed by atoms with van der Waals surface area (Å²) in [5, 5.41) is 0. The molecule has 0 saturated heterocycles. The molecule has 0 saturated carbocycles. The summed E-state index contributed by atoms with van der Waals surface area (Å²) in [7, 11) is 0. The predicted octanol–water partition coefficient (Wildman–Crippen LogP) is 2.93. The maximum absolute atomic E-state index is 12.9. The minimum absolute atomic E-state index is 0.275. The second kappa shape index (κ2) is 3.73. The van der Waals surface area contributed by atoms with Crippen LogP contribution in [-0.4, -0.2) is 29.6 Å². The molecule has 0 aliphatic carbocycles. The molecule has 0 heterocycles. The zero-order valence-corrected chi connectivity index (χ0v) is 8.00. The van der Waals surface area contributed by atoms with Crippen LogP contribution in [0.15, 0.2) is 4.99 Å². The van der Waals surface area contributed by atoms with Gasteiger partial charge in [-0.25, -0.2) is 4.79 Å². The zero-order valence-electron chi connectivity index (χ0n) is 8.00. The highest BCUT2D eigenvalue weighted by molar-refractivity contribution is 5.35. The van der Waals surface area contributed by atoms with E-state index in [0.717, 1.165) is 0 Å². The Morgan fingerprint density at radius 2 is 1.25 bits per heavy atom. The van der Waals surface area contributed by atoms with Crippen molar-refractivity contribution in [3.05, 3.63) is 0 Å². The zero-order chi connectivity index (χ0) is 13.4. The third-order valence-corrected chi connectivity index (χ3v) is 1.84. The molecule has 0 bridgehead atoms. The molecule has 0 atom stereocenters. The Labute approximate surface area is 85.1 Å². The number of isocyanates is 1. The van der Waals surface area contributed by atoms with Gasteiger partial charge < -0.3 is 0 Å². The van der Waals surface area contributed by atoms with Gasteiger partial charge in [0.05, 0.1) is 0 Å². The molecule has 94 valence electrons. The molecule has 9 heteroatoms. The van der Waals surface area contributed by atoms with Crippen LogP contribution >= 0.6 is 0 Å². The van der Waals surface area contributed by atoms with Gasteiger partial charge in [0, 0.05) is 0 Å². The van der Waals surface area contributed by atoms with Crippen LogP contribution in [0.3, 0.4) is 0 Å². The first-order valence-corrected chi connectivity index (χ1v) is 3.72. The van der Waals surface area contributed by atoms with Gasteiger partial charge in [0.2, 0.25) is 6.08 Å². The average molecular weight is 253 g/mol. The van der Waals surface area contributed by atoms with Crippen molar-refractivity contribution < 1.29 is 35.5 Å². The molecule has 0 N–H and O–H groups in total. The number of hydrogen-bond donors (Lipinski definition) is 0. The first-order valence-electron chi connectivity index (χ1n) is 3.72. The molecule has 0 aliphatic rings. The number of carbonyl (C=O) groups excluding carboxylic acids is 1. The summed E-state index contributed by atoms with van der Waals surface area (Å²) < 4.78 is 86.0. The van der Waals surface area contributed by atoms with E-state index in [1.54, 1.807) is 0 Å². The molecule has 0 unspecified atom stereocenters. The van der Waals surface area contributed by atoms with Gasteiger partial charge in [-0.1, -0.05) is 0 Å². The molecular formula is C7H6F7NO. The number of hydrogen-bond acceptors (Lipinski definition) is 2. The van der Waals surface area contributed by atoms with Crippen molar-refractivity contribution in [1.82, 2.24) is 0 Å². The maximum atomic E-state index is 12.9. The van der Waals surface area contributed by atoms with E-state index in [0.29, 0.717) is 6.08 Å². The van der Waals surface area contributed by atoms with Crippen molar-refractivity contribution in [1.29, 1.82) is 0 Å². The monoisotopic (exact) mass is 253 g/mol. The summed E-state index contributed by atoms with van der Waals surface area (Å²) in [6, 6.07) is 0. The topological polar surface area (TPSA) is 29.4 Å². The van der Waals surface area contributed by atoms with Gasteiger partial charge in [-0.15, -0.1) is 0 Å². The molecule has 0 rings (SSSR count). The summed E-state index contributed by atoms with van der Waals surface area (Å²) >= 11 is 0. The van der Waals surface area contributed by atoms with Gasteiger partial charge in [-0.05, 0) is 13.8 Å². The molecule has 0 amide bonds. The van der Waals surface area contributed by atoms with E-state index in [1.165, 1.54) is 0 Å². The van der Waals surface area contributed by atoms with Crippen molar-refractivity contribution in [2.75, 3.05) is 0 Å². The van der Waals surface area contributed by atoms with Gasteiger partial charge in [-0.2, -0.15) is 35.7 Å². The van der Waals surface area contributed by atoms with Crippen LogP contribution in [0.4, 0.5) is 30.7 Å². The molecule has 0 aliphatic heterocycles. The van der Waals surface area contributed by atoms with Crippen molar-refractivity contribution in [2.45, 2.75) is 37.4 Å². The Morgan fingerprint density at radius 1 is 0.875 bits per heavy atom. The summed E-state index contributed by atoms with van der Waals surface area (Å²) in [4.78, 5) is 12.0. The Kier molecular flexibility index (Phi) is 3.47. The molecule has 0 fully saturated rings. The molecule has 0 aromatic rings. The van der Waals surface area contributed by atoms with E-state index in [2.05, 4.69) is 4.99 Å². The first-order chi connectivity index (χ1) is 6.81. The molecule has 16 heavy (non-hydrogen) atoms. The third-order valence-electron chi connectivity index (χ3n) is 1.84. The molecule has 0 aromatic heterocycles. The van der Waals surface area contributed by atoms with Crippen LogP contribution in [0.25, 0.3) is 0 Å². The minimum atomic E-state index is -6.44. The Morgan fingerprint density at radius 3 is 1.50 bits per heavy atom. The predicted molar refractivity (Wildman–Crippen MR) is 38.1 cm³/mol. The Hall–Kier alpha value is -1.11.